The van der Waals surface area contributed by atoms with Gasteiger partial charge in [0.15, 0.2) is 0 Å². The summed E-state index contributed by atoms with van der Waals surface area (Å²) < 4.78 is 13.7. The van der Waals surface area contributed by atoms with E-state index in [1.807, 2.05) is 42.5 Å². The molecule has 1 spiro atoms. The van der Waals surface area contributed by atoms with Crippen LogP contribution in [0.3, 0.4) is 0 Å². The first-order valence-corrected chi connectivity index (χ1v) is 13.4. The molecule has 4 nitrogen and oxygen atoms in total. The first-order valence-electron chi connectivity index (χ1n) is 13.4. The quantitative estimate of drug-likeness (QED) is 0.342. The number of nitrogens with zero attached hydrogens (tertiary/aromatic N) is 2. The number of H-pyrrole nitrogens is 1. The zero-order chi connectivity index (χ0) is 25.6. The Balaban J connectivity index is 1.38. The second-order valence-corrected chi connectivity index (χ2v) is 10.9. The molecule has 37 heavy (non-hydrogen) atoms. The highest BCUT2D eigenvalue weighted by Crippen LogP contribution is 2.51. The van der Waals surface area contributed by atoms with Crippen molar-refractivity contribution in [2.75, 3.05) is 20.6 Å². The zero-order valence-corrected chi connectivity index (χ0v) is 21.6. The van der Waals surface area contributed by atoms with Gasteiger partial charge in [0.1, 0.15) is 5.82 Å². The maximum atomic E-state index is 13.9. The minimum atomic E-state index is -0.352. The summed E-state index contributed by atoms with van der Waals surface area (Å²) in [5.74, 6) is 0.341. The molecule has 0 radical (unpaired) electrons. The first-order chi connectivity index (χ1) is 18.0. The van der Waals surface area contributed by atoms with Crippen molar-refractivity contribution < 1.29 is 9.18 Å². The van der Waals surface area contributed by atoms with E-state index < -0.39 is 0 Å². The fourth-order valence-electron chi connectivity index (χ4n) is 7.07. The third-order valence-corrected chi connectivity index (χ3v) is 8.72. The Morgan fingerprint density at radius 3 is 2.35 bits per heavy atom. The molecule has 2 heterocycles. The number of carbonyl (C=O) groups excluding carboxylic acids is 1. The van der Waals surface area contributed by atoms with Crippen molar-refractivity contribution >= 4 is 16.8 Å². The zero-order valence-electron chi connectivity index (χ0n) is 21.6. The van der Waals surface area contributed by atoms with Gasteiger partial charge in [-0.1, -0.05) is 48.5 Å². The highest BCUT2D eigenvalue weighted by Gasteiger charge is 2.49. The van der Waals surface area contributed by atoms with Gasteiger partial charge < -0.3 is 14.8 Å². The predicted octanol–water partition coefficient (Wildman–Crippen LogP) is 6.69. The van der Waals surface area contributed by atoms with E-state index in [-0.39, 0.29) is 23.3 Å². The Labute approximate surface area is 218 Å². The maximum absolute atomic E-state index is 13.9. The van der Waals surface area contributed by atoms with Crippen LogP contribution in [0.4, 0.5) is 4.39 Å². The van der Waals surface area contributed by atoms with Crippen LogP contribution >= 0.6 is 0 Å². The molecule has 0 bridgehead atoms. The molecule has 0 saturated heterocycles. The number of hydrogen-bond acceptors (Lipinski definition) is 2. The van der Waals surface area contributed by atoms with E-state index in [9.17, 15) is 9.18 Å². The van der Waals surface area contributed by atoms with Crippen LogP contribution in [0.25, 0.3) is 10.9 Å². The van der Waals surface area contributed by atoms with E-state index in [4.69, 9.17) is 0 Å². The Bertz CT molecular complexity index is 1400. The smallest absolute Gasteiger partial charge is 0.254 e. The van der Waals surface area contributed by atoms with E-state index in [1.165, 1.54) is 16.6 Å². The van der Waals surface area contributed by atoms with Crippen LogP contribution in [-0.4, -0.2) is 41.3 Å². The van der Waals surface area contributed by atoms with Crippen LogP contribution < -0.4 is 0 Å². The Morgan fingerprint density at radius 2 is 1.65 bits per heavy atom. The Kier molecular flexibility index (Phi) is 6.12. The van der Waals surface area contributed by atoms with E-state index in [0.29, 0.717) is 5.92 Å². The van der Waals surface area contributed by atoms with Gasteiger partial charge in [0, 0.05) is 34.7 Å². The number of nitrogens with one attached hydrogen (secondary N) is 1. The molecule has 1 aromatic heterocycles. The molecule has 1 aliphatic heterocycles. The van der Waals surface area contributed by atoms with E-state index in [2.05, 4.69) is 53.1 Å². The third-order valence-electron chi connectivity index (χ3n) is 8.72. The van der Waals surface area contributed by atoms with Crippen molar-refractivity contribution in [2.45, 2.75) is 43.7 Å². The van der Waals surface area contributed by atoms with Crippen molar-refractivity contribution in [2.24, 2.45) is 5.92 Å². The lowest BCUT2D eigenvalue weighted by atomic mass is 9.68. The van der Waals surface area contributed by atoms with Crippen LogP contribution in [-0.2, 0) is 12.0 Å². The van der Waals surface area contributed by atoms with Crippen LogP contribution in [0.2, 0.25) is 0 Å². The number of rotatable bonds is 4. The minimum absolute atomic E-state index is 0.117. The van der Waals surface area contributed by atoms with Gasteiger partial charge in [0.05, 0.1) is 5.54 Å². The predicted molar refractivity (Wildman–Crippen MR) is 146 cm³/mol. The van der Waals surface area contributed by atoms with E-state index in [0.717, 1.165) is 55.3 Å². The molecule has 1 atom stereocenters. The summed E-state index contributed by atoms with van der Waals surface area (Å²) in [4.78, 5) is 22.1. The third kappa shape index (κ3) is 4.06. The normalized spacial score (nSPS) is 22.4. The van der Waals surface area contributed by atoms with Gasteiger partial charge in [0.25, 0.3) is 5.91 Å². The van der Waals surface area contributed by atoms with Crippen molar-refractivity contribution in [1.29, 1.82) is 0 Å². The number of para-hydroxylation sites is 1. The second-order valence-electron chi connectivity index (χ2n) is 10.9. The lowest BCUT2D eigenvalue weighted by molar-refractivity contribution is 0.00914. The standard InChI is InChI=1S/C32H34FN3O/c1-35(2)29(22-12-14-25(33)15-13-22)23-16-19-32(20-17-23)30-27(26-10-6-7-11-28(26)34-30)18-21-36(32)31(37)24-8-4-3-5-9-24/h3-15,23,29,34H,16-21H2,1-2H3. The maximum Gasteiger partial charge on any atom is 0.254 e. The lowest BCUT2D eigenvalue weighted by Gasteiger charge is -2.52. The van der Waals surface area contributed by atoms with Crippen LogP contribution in [0.5, 0.6) is 0 Å². The van der Waals surface area contributed by atoms with Crippen molar-refractivity contribution in [3.8, 4) is 0 Å². The monoisotopic (exact) mass is 495 g/mol. The molecule has 1 amide bonds. The average Bonchev–Trinajstić information content (AvgIpc) is 3.31. The van der Waals surface area contributed by atoms with Gasteiger partial charge in [-0.05, 0) is 93.6 Å². The highest BCUT2D eigenvalue weighted by molar-refractivity contribution is 5.95. The summed E-state index contributed by atoms with van der Waals surface area (Å²) in [6.45, 7) is 0.725. The largest absolute Gasteiger partial charge is 0.356 e. The van der Waals surface area contributed by atoms with E-state index >= 15 is 0 Å². The van der Waals surface area contributed by atoms with Crippen LogP contribution in [0.15, 0.2) is 78.9 Å². The molecule has 2 aliphatic rings. The summed E-state index contributed by atoms with van der Waals surface area (Å²) in [7, 11) is 4.22. The van der Waals surface area contributed by atoms with Crippen LogP contribution in [0.1, 0.15) is 58.9 Å². The number of amides is 1. The SMILES string of the molecule is CN(C)C(c1ccc(F)cc1)C1CCC2(CC1)c1[nH]c3ccccc3c1CCN2C(=O)c1ccccc1. The molecule has 1 saturated carbocycles. The second kappa shape index (κ2) is 9.46. The van der Waals surface area contributed by atoms with Crippen LogP contribution in [0, 0.1) is 11.7 Å². The van der Waals surface area contributed by atoms with Gasteiger partial charge in [-0.3, -0.25) is 4.79 Å². The summed E-state index contributed by atoms with van der Waals surface area (Å²) >= 11 is 0. The molecule has 5 heteroatoms. The minimum Gasteiger partial charge on any atom is -0.356 e. The number of fused-ring (bicyclic) bond motifs is 4. The first kappa shape index (κ1) is 23.9. The van der Waals surface area contributed by atoms with Gasteiger partial charge in [0.2, 0.25) is 0 Å². The summed E-state index contributed by atoms with van der Waals surface area (Å²) in [5, 5.41) is 1.28. The highest BCUT2D eigenvalue weighted by atomic mass is 19.1. The number of aromatic amines is 1. The molecular weight excluding hydrogens is 461 g/mol. The fourth-order valence-corrected chi connectivity index (χ4v) is 7.07. The number of carbonyl (C=O) groups is 1. The number of hydrogen-bond donors (Lipinski definition) is 1. The van der Waals surface area contributed by atoms with Crippen molar-refractivity contribution in [3.63, 3.8) is 0 Å². The van der Waals surface area contributed by atoms with Crippen molar-refractivity contribution in [3.05, 3.63) is 107 Å². The van der Waals surface area contributed by atoms with Gasteiger partial charge in [-0.25, -0.2) is 4.39 Å². The summed E-state index contributed by atoms with van der Waals surface area (Å²) in [6, 6.07) is 25.4. The summed E-state index contributed by atoms with van der Waals surface area (Å²) in [6.07, 6.45) is 4.66. The molecule has 1 unspecified atom stereocenters. The van der Waals surface area contributed by atoms with Gasteiger partial charge in [-0.2, -0.15) is 0 Å². The number of halogens is 1. The Hall–Kier alpha value is -3.44. The molecule has 3 aromatic carbocycles. The number of aromatic nitrogens is 1. The van der Waals surface area contributed by atoms with Gasteiger partial charge >= 0.3 is 0 Å². The average molecular weight is 496 g/mol. The van der Waals surface area contributed by atoms with Gasteiger partial charge in [-0.15, -0.1) is 0 Å². The Morgan fingerprint density at radius 1 is 0.973 bits per heavy atom. The lowest BCUT2D eigenvalue weighted by Crippen LogP contribution is -2.55. The summed E-state index contributed by atoms with van der Waals surface area (Å²) in [5.41, 5.74) is 5.30. The molecule has 1 fully saturated rings. The topological polar surface area (TPSA) is 39.3 Å². The molecule has 6 rings (SSSR count). The molecule has 4 aromatic rings. The fraction of sp³-hybridized carbons (Fsp3) is 0.344. The molecular formula is C32H34FN3O. The van der Waals surface area contributed by atoms with Crippen molar-refractivity contribution in [1.82, 2.24) is 14.8 Å². The molecule has 1 N–H and O–H groups in total. The van der Waals surface area contributed by atoms with E-state index in [1.54, 1.807) is 12.1 Å². The number of benzene rings is 3. The molecule has 190 valence electrons. The molecule has 1 aliphatic carbocycles.